The summed E-state index contributed by atoms with van der Waals surface area (Å²) in [5, 5.41) is 3.02. The molecule has 6 rings (SSSR count). The summed E-state index contributed by atoms with van der Waals surface area (Å²) in [6.07, 6.45) is 11.1. The van der Waals surface area contributed by atoms with Crippen LogP contribution in [-0.4, -0.2) is 12.1 Å². The van der Waals surface area contributed by atoms with Crippen molar-refractivity contribution in [1.82, 2.24) is 0 Å². The van der Waals surface area contributed by atoms with Crippen LogP contribution >= 0.6 is 0 Å². The van der Waals surface area contributed by atoms with Gasteiger partial charge < -0.3 is 10.1 Å². The molecule has 0 amide bonds. The molecule has 8 atom stereocenters. The van der Waals surface area contributed by atoms with Crippen LogP contribution in [0.1, 0.15) is 121 Å². The Morgan fingerprint density at radius 1 is 0.957 bits per heavy atom. The molecule has 4 aliphatic carbocycles. The van der Waals surface area contributed by atoms with Crippen LogP contribution in [-0.2, 0) is 10.9 Å². The normalized spacial score (nSPS) is 32.5. The van der Waals surface area contributed by atoms with Gasteiger partial charge >= 0.3 is 12.1 Å². The molecule has 4 aliphatic rings. The maximum absolute atomic E-state index is 13.5. The molecule has 1 N–H and O–H groups in total. The summed E-state index contributed by atoms with van der Waals surface area (Å²) in [4.78, 5) is 13.5. The van der Waals surface area contributed by atoms with E-state index in [1.165, 1.54) is 56.6 Å². The van der Waals surface area contributed by atoms with E-state index in [0.29, 0.717) is 22.6 Å². The van der Waals surface area contributed by atoms with Crippen molar-refractivity contribution in [3.05, 3.63) is 71.3 Å². The predicted molar refractivity (Wildman–Crippen MR) is 183 cm³/mol. The van der Waals surface area contributed by atoms with Crippen molar-refractivity contribution < 1.29 is 22.7 Å². The highest BCUT2D eigenvalue weighted by Crippen LogP contribution is 2.67. The van der Waals surface area contributed by atoms with Crippen molar-refractivity contribution in [2.24, 2.45) is 46.3 Å². The number of carbonyl (C=O) groups excluding carboxylic acids is 1. The summed E-state index contributed by atoms with van der Waals surface area (Å²) in [7, 11) is 0. The van der Waals surface area contributed by atoms with Crippen LogP contribution in [0.25, 0.3) is 0 Å². The number of nitrogens with one attached hydrogen (secondary N) is 1. The van der Waals surface area contributed by atoms with E-state index in [4.69, 9.17) is 4.74 Å². The van der Waals surface area contributed by atoms with E-state index in [2.05, 4.69) is 46.0 Å². The number of allylic oxidation sites excluding steroid dienone is 1. The Hall–Kier alpha value is -2.76. The van der Waals surface area contributed by atoms with E-state index >= 15 is 0 Å². The molecular formula is C41H54F3NO2. The summed E-state index contributed by atoms with van der Waals surface area (Å²) in [5.74, 6) is 4.27. The molecule has 3 nitrogen and oxygen atoms in total. The van der Waals surface area contributed by atoms with Crippen LogP contribution in [0.3, 0.4) is 0 Å². The van der Waals surface area contributed by atoms with E-state index in [1.54, 1.807) is 30.3 Å². The first kappa shape index (κ1) is 34.1. The van der Waals surface area contributed by atoms with Crippen molar-refractivity contribution in [2.75, 3.05) is 5.32 Å². The topological polar surface area (TPSA) is 38.3 Å². The SMILES string of the molecule is CC(C)CCC[C@@H](C)[C@H]1CC[C@H]2[C@@H]3CC=C4C[C@@H](OC(=O)c5ccccc5Nc5cccc(C(F)(F)F)c5)CC[C@]4(C)[C@H]3CC[C@]12C. The van der Waals surface area contributed by atoms with Crippen molar-refractivity contribution in [2.45, 2.75) is 118 Å². The van der Waals surface area contributed by atoms with Crippen LogP contribution in [0.15, 0.2) is 60.2 Å². The van der Waals surface area contributed by atoms with Crippen LogP contribution in [0.2, 0.25) is 0 Å². The number of carbonyl (C=O) groups is 1. The monoisotopic (exact) mass is 649 g/mol. The van der Waals surface area contributed by atoms with Gasteiger partial charge in [-0.3, -0.25) is 0 Å². The minimum atomic E-state index is -4.44. The van der Waals surface area contributed by atoms with E-state index in [0.717, 1.165) is 67.4 Å². The van der Waals surface area contributed by atoms with E-state index in [-0.39, 0.29) is 17.2 Å². The average Bonchev–Trinajstić information content (AvgIpc) is 3.38. The van der Waals surface area contributed by atoms with Gasteiger partial charge in [-0.25, -0.2) is 4.79 Å². The number of fused-ring (bicyclic) bond motifs is 5. The van der Waals surface area contributed by atoms with E-state index in [9.17, 15) is 18.0 Å². The smallest absolute Gasteiger partial charge is 0.416 e. The molecule has 0 aliphatic heterocycles. The molecule has 256 valence electrons. The number of benzene rings is 2. The van der Waals surface area contributed by atoms with Gasteiger partial charge in [-0.15, -0.1) is 0 Å². The third-order valence-corrected chi connectivity index (χ3v) is 13.1. The van der Waals surface area contributed by atoms with Crippen molar-refractivity contribution in [1.29, 1.82) is 0 Å². The molecule has 0 bridgehead atoms. The fraction of sp³-hybridized carbons (Fsp3) is 0.634. The number of ether oxygens (including phenoxy) is 1. The predicted octanol–water partition coefficient (Wildman–Crippen LogP) is 12.0. The molecule has 0 aromatic heterocycles. The molecular weight excluding hydrogens is 595 g/mol. The molecule has 6 heteroatoms. The highest BCUT2D eigenvalue weighted by Gasteiger charge is 2.59. The largest absolute Gasteiger partial charge is 0.458 e. The number of halogens is 3. The Morgan fingerprint density at radius 2 is 1.74 bits per heavy atom. The van der Waals surface area contributed by atoms with Crippen LogP contribution in [0, 0.1) is 46.3 Å². The first-order chi connectivity index (χ1) is 22.3. The fourth-order valence-corrected chi connectivity index (χ4v) is 10.7. The van der Waals surface area contributed by atoms with Crippen molar-refractivity contribution in [3.8, 4) is 0 Å². The summed E-state index contributed by atoms with van der Waals surface area (Å²) in [5.41, 5.74) is 2.40. The van der Waals surface area contributed by atoms with Gasteiger partial charge in [-0.2, -0.15) is 13.2 Å². The Labute approximate surface area is 280 Å². The number of hydrogen-bond donors (Lipinski definition) is 1. The number of anilines is 2. The summed E-state index contributed by atoms with van der Waals surface area (Å²) < 4.78 is 46.0. The number of para-hydroxylation sites is 1. The van der Waals surface area contributed by atoms with Gasteiger partial charge in [0.1, 0.15) is 6.10 Å². The molecule has 0 spiro atoms. The lowest BCUT2D eigenvalue weighted by Crippen LogP contribution is -2.51. The first-order valence-corrected chi connectivity index (χ1v) is 18.2. The molecule has 3 saturated carbocycles. The molecule has 2 aromatic rings. The van der Waals surface area contributed by atoms with E-state index < -0.39 is 17.7 Å². The van der Waals surface area contributed by atoms with Gasteiger partial charge in [0.15, 0.2) is 0 Å². The zero-order chi connectivity index (χ0) is 33.6. The van der Waals surface area contributed by atoms with Crippen LogP contribution < -0.4 is 5.32 Å². The Morgan fingerprint density at radius 3 is 2.51 bits per heavy atom. The third-order valence-electron chi connectivity index (χ3n) is 13.1. The second-order valence-corrected chi connectivity index (χ2v) is 16.3. The quantitative estimate of drug-likeness (QED) is 0.217. The van der Waals surface area contributed by atoms with E-state index in [1.807, 2.05) is 0 Å². The van der Waals surface area contributed by atoms with Crippen LogP contribution in [0.4, 0.5) is 24.5 Å². The lowest BCUT2D eigenvalue weighted by atomic mass is 9.47. The lowest BCUT2D eigenvalue weighted by Gasteiger charge is -2.58. The highest BCUT2D eigenvalue weighted by molar-refractivity contribution is 5.96. The van der Waals surface area contributed by atoms with Crippen molar-refractivity contribution >= 4 is 17.3 Å². The number of rotatable bonds is 9. The molecule has 47 heavy (non-hydrogen) atoms. The Bertz CT molecular complexity index is 1460. The second kappa shape index (κ2) is 13.3. The Balaban J connectivity index is 1.11. The zero-order valence-corrected chi connectivity index (χ0v) is 29.0. The number of hydrogen-bond acceptors (Lipinski definition) is 3. The summed E-state index contributed by atoms with van der Waals surface area (Å²) >= 11 is 0. The molecule has 0 saturated heterocycles. The van der Waals surface area contributed by atoms with Gasteiger partial charge in [0.05, 0.1) is 16.8 Å². The maximum Gasteiger partial charge on any atom is 0.416 e. The summed E-state index contributed by atoms with van der Waals surface area (Å²) in [6.45, 7) is 12.3. The fourth-order valence-electron chi connectivity index (χ4n) is 10.7. The Kier molecular flexibility index (Phi) is 9.63. The molecule has 2 aromatic carbocycles. The molecule has 3 fully saturated rings. The minimum absolute atomic E-state index is 0.164. The third kappa shape index (κ3) is 6.77. The van der Waals surface area contributed by atoms with Gasteiger partial charge in [0.2, 0.25) is 0 Å². The first-order valence-electron chi connectivity index (χ1n) is 18.2. The van der Waals surface area contributed by atoms with Gasteiger partial charge in [-0.05, 0) is 122 Å². The average molecular weight is 650 g/mol. The number of esters is 1. The summed E-state index contributed by atoms with van der Waals surface area (Å²) in [6, 6.07) is 11.9. The zero-order valence-electron chi connectivity index (χ0n) is 29.0. The lowest BCUT2D eigenvalue weighted by molar-refractivity contribution is -0.137. The van der Waals surface area contributed by atoms with Gasteiger partial charge in [0.25, 0.3) is 0 Å². The van der Waals surface area contributed by atoms with Gasteiger partial charge in [0, 0.05) is 12.1 Å². The maximum atomic E-state index is 13.5. The second-order valence-electron chi connectivity index (χ2n) is 16.3. The highest BCUT2D eigenvalue weighted by atomic mass is 19.4. The van der Waals surface area contributed by atoms with Gasteiger partial charge in [-0.1, -0.05) is 83.7 Å². The molecule has 0 heterocycles. The molecule has 0 radical (unpaired) electrons. The van der Waals surface area contributed by atoms with Crippen LogP contribution in [0.5, 0.6) is 0 Å². The standard InChI is InChI=1S/C41H54F3NO2/c1-26(2)10-8-11-27(3)34-18-19-35-32-17-16-28-25-31(20-22-39(28,4)36(32)21-23-40(34,35)5)47-38(46)33-14-6-7-15-37(33)45-30-13-9-12-29(24-30)41(42,43)44/h6-7,9,12-16,24,26-27,31-32,34-36,45H,8,10-11,17-23,25H2,1-5H3/t27-,31+,32+,34-,35+,36+,39+,40-/m1/s1. The number of alkyl halides is 3. The van der Waals surface area contributed by atoms with Crippen molar-refractivity contribution in [3.63, 3.8) is 0 Å². The minimum Gasteiger partial charge on any atom is -0.458 e. The molecule has 0 unspecified atom stereocenters.